The zero-order valence-corrected chi connectivity index (χ0v) is 14.9. The summed E-state index contributed by atoms with van der Waals surface area (Å²) < 4.78 is 15.3. The van der Waals surface area contributed by atoms with Gasteiger partial charge in [0.25, 0.3) is 5.91 Å². The number of thioether (sulfide) groups is 1. The molecule has 1 amide bonds. The van der Waals surface area contributed by atoms with E-state index in [0.29, 0.717) is 22.7 Å². The molecule has 0 bridgehead atoms. The van der Waals surface area contributed by atoms with Crippen molar-refractivity contribution < 1.29 is 19.0 Å². The number of hydrogen-bond acceptors (Lipinski definition) is 8. The summed E-state index contributed by atoms with van der Waals surface area (Å²) in [5, 5.41) is 4.30. The van der Waals surface area contributed by atoms with Crippen LogP contribution >= 0.6 is 11.8 Å². The highest BCUT2D eigenvalue weighted by Gasteiger charge is 2.08. The molecule has 132 valence electrons. The zero-order valence-electron chi connectivity index (χ0n) is 14.1. The predicted octanol–water partition coefficient (Wildman–Crippen LogP) is 1.74. The Balaban J connectivity index is 1.89. The van der Waals surface area contributed by atoms with Crippen molar-refractivity contribution in [1.29, 1.82) is 0 Å². The maximum atomic E-state index is 11.9. The quantitative estimate of drug-likeness (QED) is 0.331. The molecule has 1 aromatic heterocycles. The topological polar surface area (TPSA) is 94.9 Å². The Morgan fingerprint density at radius 1 is 1.16 bits per heavy atom. The number of carbonyl (C=O) groups is 1. The number of nitrogens with one attached hydrogen (secondary N) is 1. The molecule has 0 atom stereocenters. The van der Waals surface area contributed by atoms with Crippen LogP contribution in [0.15, 0.2) is 40.6 Å². The Morgan fingerprint density at radius 2 is 1.84 bits per heavy atom. The Morgan fingerprint density at radius 3 is 2.48 bits per heavy atom. The largest absolute Gasteiger partial charge is 0.496 e. The summed E-state index contributed by atoms with van der Waals surface area (Å²) in [6.07, 6.45) is 1.52. The molecule has 2 aromatic rings. The molecular weight excluding hydrogens is 344 g/mol. The lowest BCUT2D eigenvalue weighted by atomic mass is 10.2. The minimum Gasteiger partial charge on any atom is -0.496 e. The summed E-state index contributed by atoms with van der Waals surface area (Å²) in [5.74, 6) is 1.21. The molecule has 0 unspecified atom stereocenters. The second-order valence-electron chi connectivity index (χ2n) is 4.56. The number of hydrazone groups is 1. The highest BCUT2D eigenvalue weighted by atomic mass is 32.2. The van der Waals surface area contributed by atoms with Crippen molar-refractivity contribution >= 4 is 23.9 Å². The molecule has 9 heteroatoms. The van der Waals surface area contributed by atoms with Crippen LogP contribution in [-0.4, -0.2) is 49.2 Å². The van der Waals surface area contributed by atoms with Crippen LogP contribution in [0.4, 0.5) is 0 Å². The van der Waals surface area contributed by atoms with Crippen LogP contribution in [-0.2, 0) is 4.79 Å². The minimum atomic E-state index is -0.290. The smallest absolute Gasteiger partial charge is 0.250 e. The molecule has 0 radical (unpaired) electrons. The molecule has 0 aliphatic rings. The van der Waals surface area contributed by atoms with Crippen molar-refractivity contribution in [2.24, 2.45) is 5.10 Å². The molecule has 1 N–H and O–H groups in total. The number of carbonyl (C=O) groups excluding carboxylic acids is 1. The van der Waals surface area contributed by atoms with Crippen molar-refractivity contribution in [3.8, 4) is 17.5 Å². The van der Waals surface area contributed by atoms with Crippen molar-refractivity contribution in [3.05, 3.63) is 35.9 Å². The third-order valence-corrected chi connectivity index (χ3v) is 3.79. The summed E-state index contributed by atoms with van der Waals surface area (Å²) >= 11 is 1.15. The predicted molar refractivity (Wildman–Crippen MR) is 94.6 cm³/mol. The van der Waals surface area contributed by atoms with Gasteiger partial charge >= 0.3 is 0 Å². The summed E-state index contributed by atoms with van der Waals surface area (Å²) in [7, 11) is 4.56. The van der Waals surface area contributed by atoms with E-state index in [2.05, 4.69) is 20.5 Å². The van der Waals surface area contributed by atoms with Gasteiger partial charge in [-0.3, -0.25) is 4.79 Å². The molecule has 8 nitrogen and oxygen atoms in total. The first-order valence-electron chi connectivity index (χ1n) is 7.21. The maximum Gasteiger partial charge on any atom is 0.250 e. The number of rotatable bonds is 8. The number of nitrogens with zero attached hydrogens (tertiary/aromatic N) is 3. The highest BCUT2D eigenvalue weighted by Crippen LogP contribution is 2.21. The SMILES string of the molecule is COc1cc(OC)nc(SCC(=O)NN=Cc2ccccc2OC)n1. The Kier molecular flexibility index (Phi) is 7.02. The molecule has 0 saturated carbocycles. The molecule has 1 aromatic carbocycles. The van der Waals surface area contributed by atoms with Gasteiger partial charge in [0.15, 0.2) is 5.16 Å². The van der Waals surface area contributed by atoms with Gasteiger partial charge in [-0.1, -0.05) is 23.9 Å². The second kappa shape index (κ2) is 9.48. The number of methoxy groups -OCH3 is 3. The Labute approximate surface area is 149 Å². The van der Waals surface area contributed by atoms with Crippen LogP contribution < -0.4 is 19.6 Å². The van der Waals surface area contributed by atoms with E-state index in [1.807, 2.05) is 24.3 Å². The van der Waals surface area contributed by atoms with E-state index in [4.69, 9.17) is 14.2 Å². The van der Waals surface area contributed by atoms with E-state index in [9.17, 15) is 4.79 Å². The van der Waals surface area contributed by atoms with Gasteiger partial charge in [0.2, 0.25) is 11.8 Å². The van der Waals surface area contributed by atoms with E-state index >= 15 is 0 Å². The first-order valence-corrected chi connectivity index (χ1v) is 8.19. The number of ether oxygens (including phenoxy) is 3. The average molecular weight is 362 g/mol. The van der Waals surface area contributed by atoms with Crippen LogP contribution in [0.3, 0.4) is 0 Å². The molecule has 0 fully saturated rings. The molecule has 2 rings (SSSR count). The van der Waals surface area contributed by atoms with Gasteiger partial charge in [0.05, 0.1) is 39.4 Å². The second-order valence-corrected chi connectivity index (χ2v) is 5.50. The summed E-state index contributed by atoms with van der Waals surface area (Å²) in [5.41, 5.74) is 3.21. The first kappa shape index (κ1) is 18.5. The van der Waals surface area contributed by atoms with Crippen molar-refractivity contribution in [2.45, 2.75) is 5.16 Å². The van der Waals surface area contributed by atoms with E-state index in [0.717, 1.165) is 17.3 Å². The number of para-hydroxylation sites is 1. The molecule has 25 heavy (non-hydrogen) atoms. The fourth-order valence-corrected chi connectivity index (χ4v) is 2.40. The molecule has 0 aliphatic carbocycles. The van der Waals surface area contributed by atoms with Gasteiger partial charge in [0, 0.05) is 5.56 Å². The standard InChI is InChI=1S/C16H18N4O4S/c1-22-12-7-5-4-6-11(12)9-17-20-13(21)10-25-16-18-14(23-2)8-15(19-16)24-3/h4-9H,10H2,1-3H3,(H,20,21). The monoisotopic (exact) mass is 362 g/mol. The lowest BCUT2D eigenvalue weighted by Gasteiger charge is -2.05. The molecule has 0 spiro atoms. The summed E-state index contributed by atoms with van der Waals surface area (Å²) in [4.78, 5) is 20.1. The zero-order chi connectivity index (χ0) is 18.1. The van der Waals surface area contributed by atoms with Crippen LogP contribution in [0.5, 0.6) is 17.5 Å². The lowest BCUT2D eigenvalue weighted by Crippen LogP contribution is -2.19. The normalized spacial score (nSPS) is 10.5. The molecule has 0 aliphatic heterocycles. The van der Waals surface area contributed by atoms with Crippen molar-refractivity contribution in [2.75, 3.05) is 27.1 Å². The first-order chi connectivity index (χ1) is 12.2. The van der Waals surface area contributed by atoms with Crippen molar-refractivity contribution in [1.82, 2.24) is 15.4 Å². The van der Waals surface area contributed by atoms with Gasteiger partial charge in [-0.2, -0.15) is 15.1 Å². The molecular formula is C16H18N4O4S. The van der Waals surface area contributed by atoms with E-state index in [1.165, 1.54) is 20.4 Å². The van der Waals surface area contributed by atoms with E-state index in [-0.39, 0.29) is 11.7 Å². The number of benzene rings is 1. The van der Waals surface area contributed by atoms with Crippen LogP contribution in [0.25, 0.3) is 0 Å². The fourth-order valence-electron chi connectivity index (χ4n) is 1.77. The summed E-state index contributed by atoms with van der Waals surface area (Å²) in [6.45, 7) is 0. The van der Waals surface area contributed by atoms with Crippen molar-refractivity contribution in [3.63, 3.8) is 0 Å². The highest BCUT2D eigenvalue weighted by molar-refractivity contribution is 7.99. The summed E-state index contributed by atoms with van der Waals surface area (Å²) in [6, 6.07) is 8.91. The number of aromatic nitrogens is 2. The van der Waals surface area contributed by atoms with E-state index < -0.39 is 0 Å². The Hall–Kier alpha value is -2.81. The molecule has 1 heterocycles. The van der Waals surface area contributed by atoms with Gasteiger partial charge < -0.3 is 14.2 Å². The minimum absolute atomic E-state index is 0.0968. The fraction of sp³-hybridized carbons (Fsp3) is 0.250. The van der Waals surface area contributed by atoms with Gasteiger partial charge in [-0.15, -0.1) is 0 Å². The maximum absolute atomic E-state index is 11.9. The van der Waals surface area contributed by atoms with Gasteiger partial charge in [-0.05, 0) is 12.1 Å². The average Bonchev–Trinajstić information content (AvgIpc) is 2.66. The lowest BCUT2D eigenvalue weighted by molar-refractivity contribution is -0.118. The van der Waals surface area contributed by atoms with Crippen LogP contribution in [0.2, 0.25) is 0 Å². The van der Waals surface area contributed by atoms with Crippen LogP contribution in [0, 0.1) is 0 Å². The number of hydrogen-bond donors (Lipinski definition) is 1. The third kappa shape index (κ3) is 5.64. The molecule has 0 saturated heterocycles. The third-order valence-electron chi connectivity index (χ3n) is 2.94. The van der Waals surface area contributed by atoms with Crippen LogP contribution in [0.1, 0.15) is 5.56 Å². The van der Waals surface area contributed by atoms with E-state index in [1.54, 1.807) is 13.2 Å². The van der Waals surface area contributed by atoms with Gasteiger partial charge in [-0.25, -0.2) is 5.43 Å². The van der Waals surface area contributed by atoms with Gasteiger partial charge in [0.1, 0.15) is 5.75 Å². The number of amides is 1. The Bertz CT molecular complexity index is 732.